The smallest absolute Gasteiger partial charge is 0.00882 e. The van der Waals surface area contributed by atoms with Gasteiger partial charge < -0.3 is 0 Å². The van der Waals surface area contributed by atoms with Gasteiger partial charge in [0.2, 0.25) is 0 Å². The summed E-state index contributed by atoms with van der Waals surface area (Å²) in [5, 5.41) is 2.62. The van der Waals surface area contributed by atoms with E-state index in [0.29, 0.717) is 0 Å². The number of aryl methyl sites for hydroxylation is 6. The van der Waals surface area contributed by atoms with Gasteiger partial charge in [0.25, 0.3) is 0 Å². The second-order valence-corrected chi connectivity index (χ2v) is 13.2. The van der Waals surface area contributed by atoms with Crippen LogP contribution >= 0.6 is 0 Å². The van der Waals surface area contributed by atoms with E-state index < -0.39 is 0 Å². The zero-order chi connectivity index (χ0) is 52.6. The molecule has 0 radical (unpaired) electrons. The maximum atomic E-state index is 2.26. The van der Waals surface area contributed by atoms with E-state index in [0.717, 1.165) is 6.42 Å². The molecule has 6 aromatic rings. The van der Waals surface area contributed by atoms with Crippen molar-refractivity contribution >= 4 is 16.8 Å². The highest BCUT2D eigenvalue weighted by Crippen LogP contribution is 2.22. The van der Waals surface area contributed by atoms with E-state index in [1.54, 1.807) is 33.4 Å². The molecule has 6 aromatic carbocycles. The first kappa shape index (κ1) is 72.3. The Morgan fingerprint density at radius 1 is 0.221 bits per heavy atom. The first-order valence-electron chi connectivity index (χ1n) is 28.2. The Morgan fingerprint density at radius 3 is 0.676 bits per heavy atom. The fraction of sp³-hybridized carbons (Fsp3) is 0.471. The molecule has 0 aromatic heterocycles. The van der Waals surface area contributed by atoms with Crippen molar-refractivity contribution in [1.82, 2.24) is 0 Å². The quantitative estimate of drug-likeness (QED) is 0.142. The molecule has 4 aliphatic carbocycles. The average molecular weight is 928 g/mol. The van der Waals surface area contributed by atoms with Crippen LogP contribution in [0.3, 0.4) is 0 Å². The van der Waals surface area contributed by atoms with Gasteiger partial charge in [0.15, 0.2) is 0 Å². The lowest BCUT2D eigenvalue weighted by atomic mass is 9.92. The van der Waals surface area contributed by atoms with Gasteiger partial charge >= 0.3 is 0 Å². The summed E-state index contributed by atoms with van der Waals surface area (Å²) >= 11 is 0. The van der Waals surface area contributed by atoms with Gasteiger partial charge in [0.1, 0.15) is 0 Å². The highest BCUT2D eigenvalue weighted by molar-refractivity contribution is 5.82. The molecule has 0 atom stereocenters. The summed E-state index contributed by atoms with van der Waals surface area (Å²) in [7, 11) is 0. The van der Waals surface area contributed by atoms with Gasteiger partial charge in [-0.2, -0.15) is 0 Å². The Hall–Kier alpha value is -4.68. The molecule has 0 nitrogen and oxygen atoms in total. The number of rotatable bonds is 0. The van der Waals surface area contributed by atoms with Gasteiger partial charge in [-0.05, 0) is 132 Å². The van der Waals surface area contributed by atoms with Gasteiger partial charge in [-0.3, -0.25) is 0 Å². The molecule has 382 valence electrons. The van der Waals surface area contributed by atoms with E-state index in [1.165, 1.54) is 92.5 Å². The lowest BCUT2D eigenvalue weighted by Gasteiger charge is -2.13. The third-order valence-electron chi connectivity index (χ3n) is 9.88. The fourth-order valence-corrected chi connectivity index (χ4v) is 7.20. The van der Waals surface area contributed by atoms with Crippen LogP contribution in [0.25, 0.3) is 16.8 Å². The molecular weight excluding hydrogens is 817 g/mol. The molecule has 0 aliphatic heterocycles. The van der Waals surface area contributed by atoms with Crippen LogP contribution in [0.4, 0.5) is 0 Å². The minimum atomic E-state index is 1.12. The van der Waals surface area contributed by atoms with Crippen molar-refractivity contribution in [3.63, 3.8) is 0 Å². The summed E-state index contributed by atoms with van der Waals surface area (Å²) < 4.78 is 0. The molecule has 0 fully saturated rings. The first-order valence-corrected chi connectivity index (χ1v) is 28.2. The van der Waals surface area contributed by atoms with Gasteiger partial charge in [0, 0.05) is 0 Å². The maximum absolute atomic E-state index is 2.26. The number of fused-ring (bicyclic) bond motifs is 5. The third kappa shape index (κ3) is 32.1. The fourth-order valence-electron chi connectivity index (χ4n) is 7.20. The summed E-state index contributed by atoms with van der Waals surface area (Å²) in [6, 6.07) is 51.5. The minimum absolute atomic E-state index is 1.12. The Morgan fingerprint density at radius 2 is 0.426 bits per heavy atom. The van der Waals surface area contributed by atoms with Gasteiger partial charge in [0.05, 0.1) is 0 Å². The topological polar surface area (TPSA) is 0 Å². The molecule has 10 rings (SSSR count). The van der Waals surface area contributed by atoms with Gasteiger partial charge in [-0.25, -0.2) is 0 Å². The molecule has 4 aliphatic rings. The summed E-state index contributed by atoms with van der Waals surface area (Å²) in [5.74, 6) is 0. The zero-order valence-electron chi connectivity index (χ0n) is 48.5. The lowest BCUT2D eigenvalue weighted by Crippen LogP contribution is -2.00. The Kier molecular flexibility index (Phi) is 62.1. The predicted molar refractivity (Wildman–Crippen MR) is 321 cm³/mol. The summed E-state index contributed by atoms with van der Waals surface area (Å²) in [5.41, 5.74) is 12.3. The highest BCUT2D eigenvalue weighted by atomic mass is 14.1. The standard InChI is InChI=1S/2C10H12.C10H8.C9H10.C9H8.10C2H6/c3*1-2-6-10-8-4-3-7-9(10)5-1;2*1-2-5-9-7-3-6-8(9)4-1;10*1-2/h2*1-2,5-6H,3-4,7-8H2;1-8H;1-2,4-5H,3,6-7H2;1-6H,7H2;10*1-2H3. The van der Waals surface area contributed by atoms with Crippen LogP contribution in [0.1, 0.15) is 215 Å². The van der Waals surface area contributed by atoms with Crippen LogP contribution in [0, 0.1) is 0 Å². The van der Waals surface area contributed by atoms with Crippen molar-refractivity contribution in [2.75, 3.05) is 0 Å². The minimum Gasteiger partial charge on any atom is -0.0795 e. The number of benzene rings is 6. The zero-order valence-corrected chi connectivity index (χ0v) is 48.5. The molecule has 0 heteroatoms. The van der Waals surface area contributed by atoms with E-state index in [9.17, 15) is 0 Å². The Labute approximate surface area is 426 Å². The summed E-state index contributed by atoms with van der Waals surface area (Å²) in [6.45, 7) is 40.0. The van der Waals surface area contributed by atoms with Crippen LogP contribution in [0.2, 0.25) is 0 Å². The number of hydrogen-bond donors (Lipinski definition) is 0. The third-order valence-corrected chi connectivity index (χ3v) is 9.88. The van der Waals surface area contributed by atoms with Crippen LogP contribution in [-0.4, -0.2) is 0 Å². The van der Waals surface area contributed by atoms with Crippen molar-refractivity contribution < 1.29 is 0 Å². The second-order valence-electron chi connectivity index (χ2n) is 13.2. The van der Waals surface area contributed by atoms with E-state index >= 15 is 0 Å². The maximum Gasteiger partial charge on any atom is -0.00882 e. The van der Waals surface area contributed by atoms with Crippen molar-refractivity contribution in [2.45, 2.75) is 216 Å². The molecule has 0 spiro atoms. The molecule has 0 bridgehead atoms. The van der Waals surface area contributed by atoms with Gasteiger partial charge in [-0.15, -0.1) is 0 Å². The number of hydrogen-bond acceptors (Lipinski definition) is 0. The van der Waals surface area contributed by atoms with Crippen LogP contribution in [-0.2, 0) is 44.9 Å². The lowest BCUT2D eigenvalue weighted by molar-refractivity contribution is 0.685. The summed E-state index contributed by atoms with van der Waals surface area (Å²) in [6.07, 6.45) is 20.2. The van der Waals surface area contributed by atoms with Crippen molar-refractivity contribution in [1.29, 1.82) is 0 Å². The molecule has 0 saturated heterocycles. The Balaban J connectivity index is -0.000000222. The van der Waals surface area contributed by atoms with Crippen LogP contribution in [0.15, 0.2) is 152 Å². The van der Waals surface area contributed by atoms with Crippen molar-refractivity contribution in [2.24, 2.45) is 0 Å². The molecular formula is C68H110. The molecule has 0 unspecified atom stereocenters. The molecule has 0 N–H and O–H groups in total. The monoisotopic (exact) mass is 927 g/mol. The van der Waals surface area contributed by atoms with E-state index in [1.807, 2.05) is 138 Å². The Bertz CT molecular complexity index is 1690. The molecule has 0 saturated carbocycles. The second kappa shape index (κ2) is 58.4. The predicted octanol–water partition coefficient (Wildman–Crippen LogP) is 22.7. The largest absolute Gasteiger partial charge is 0.0795 e. The van der Waals surface area contributed by atoms with Crippen LogP contribution < -0.4 is 0 Å². The SMILES string of the molecule is C1=Cc2ccccc2C1.CC.CC.CC.CC.CC.CC.CC.CC.CC.CC.c1ccc2c(c1)CCC2.c1ccc2c(c1)CCCC2.c1ccc2c(c1)CCCC2.c1ccc2ccccc2c1. The summed E-state index contributed by atoms with van der Waals surface area (Å²) in [4.78, 5) is 0. The first-order chi connectivity index (χ1) is 33.8. The average Bonchev–Trinajstić information content (AvgIpc) is 4.18. The van der Waals surface area contributed by atoms with E-state index in [4.69, 9.17) is 0 Å². The van der Waals surface area contributed by atoms with Gasteiger partial charge in [-0.1, -0.05) is 296 Å². The van der Waals surface area contributed by atoms with E-state index in [-0.39, 0.29) is 0 Å². The molecule has 68 heavy (non-hydrogen) atoms. The number of allylic oxidation sites excluding steroid dienone is 1. The molecule has 0 amide bonds. The van der Waals surface area contributed by atoms with Crippen molar-refractivity contribution in [3.8, 4) is 0 Å². The normalized spacial score (nSPS) is 11.1. The van der Waals surface area contributed by atoms with Crippen molar-refractivity contribution in [3.05, 3.63) is 196 Å². The highest BCUT2D eigenvalue weighted by Gasteiger charge is 2.08. The van der Waals surface area contributed by atoms with E-state index in [2.05, 4.69) is 158 Å². The van der Waals surface area contributed by atoms with Crippen LogP contribution in [0.5, 0.6) is 0 Å². The molecule has 0 heterocycles.